The van der Waals surface area contributed by atoms with Gasteiger partial charge in [0.2, 0.25) is 0 Å². The molecular weight excluding hydrogens is 184 g/mol. The molecule has 1 aliphatic carbocycles. The van der Waals surface area contributed by atoms with E-state index in [9.17, 15) is 0 Å². The molecule has 0 radical (unpaired) electrons. The van der Waals surface area contributed by atoms with Gasteiger partial charge in [-0.2, -0.15) is 0 Å². The fourth-order valence-corrected chi connectivity index (χ4v) is 3.05. The van der Waals surface area contributed by atoms with Gasteiger partial charge in [-0.3, -0.25) is 0 Å². The molecule has 1 aliphatic rings. The van der Waals surface area contributed by atoms with Crippen LogP contribution in [-0.2, 0) is 13.5 Å². The van der Waals surface area contributed by atoms with Crippen LogP contribution in [0.25, 0.3) is 0 Å². The Bertz CT molecular complexity index is 340. The maximum Gasteiger partial charge on any atom is 0.0106 e. The zero-order chi connectivity index (χ0) is 11.0. The van der Waals surface area contributed by atoms with Gasteiger partial charge < -0.3 is 10.3 Å². The second kappa shape index (κ2) is 4.01. The highest BCUT2D eigenvalue weighted by Gasteiger charge is 2.30. The molecule has 2 N–H and O–H groups in total. The molecule has 1 aromatic rings. The number of nitrogens with two attached hydrogens (primary N) is 1. The van der Waals surface area contributed by atoms with Crippen LogP contribution in [0.1, 0.15) is 37.3 Å². The normalized spacial score (nSPS) is 27.5. The summed E-state index contributed by atoms with van der Waals surface area (Å²) in [6.07, 6.45) is 7.12. The van der Waals surface area contributed by atoms with Crippen LogP contribution in [0.3, 0.4) is 0 Å². The molecule has 2 nitrogen and oxygen atoms in total. The number of hydrogen-bond donors (Lipinski definition) is 1. The molecule has 0 saturated carbocycles. The summed E-state index contributed by atoms with van der Waals surface area (Å²) < 4.78 is 2.19. The average molecular weight is 206 g/mol. The van der Waals surface area contributed by atoms with Crippen molar-refractivity contribution in [1.82, 2.24) is 4.57 Å². The average Bonchev–Trinajstić information content (AvgIpc) is 2.57. The lowest BCUT2D eigenvalue weighted by atomic mass is 9.72. The SMILES string of the molecule is CC(CN)C1c2cn(C)cc2CCC1C. The number of hydrogen-bond acceptors (Lipinski definition) is 1. The van der Waals surface area contributed by atoms with Crippen molar-refractivity contribution in [3.63, 3.8) is 0 Å². The van der Waals surface area contributed by atoms with Gasteiger partial charge >= 0.3 is 0 Å². The molecule has 0 spiro atoms. The molecule has 2 rings (SSSR count). The fourth-order valence-electron chi connectivity index (χ4n) is 3.05. The highest BCUT2D eigenvalue weighted by molar-refractivity contribution is 5.32. The van der Waals surface area contributed by atoms with Gasteiger partial charge in [0.25, 0.3) is 0 Å². The Morgan fingerprint density at radius 3 is 2.93 bits per heavy atom. The molecular formula is C13H22N2. The third-order valence-corrected chi connectivity index (χ3v) is 3.90. The molecule has 1 aromatic heterocycles. The van der Waals surface area contributed by atoms with Crippen molar-refractivity contribution in [2.24, 2.45) is 24.6 Å². The van der Waals surface area contributed by atoms with Crippen molar-refractivity contribution in [2.45, 2.75) is 32.6 Å². The van der Waals surface area contributed by atoms with Crippen LogP contribution < -0.4 is 5.73 Å². The van der Waals surface area contributed by atoms with Gasteiger partial charge in [-0.05, 0) is 48.3 Å². The van der Waals surface area contributed by atoms with Crippen LogP contribution in [0.5, 0.6) is 0 Å². The lowest BCUT2D eigenvalue weighted by molar-refractivity contribution is 0.316. The molecule has 0 aliphatic heterocycles. The van der Waals surface area contributed by atoms with E-state index in [1.165, 1.54) is 12.8 Å². The molecule has 0 amide bonds. The summed E-state index contributed by atoms with van der Waals surface area (Å²) in [7, 11) is 2.12. The summed E-state index contributed by atoms with van der Waals surface area (Å²) in [5.41, 5.74) is 8.91. The number of aryl methyl sites for hydroxylation is 2. The summed E-state index contributed by atoms with van der Waals surface area (Å²) >= 11 is 0. The summed E-state index contributed by atoms with van der Waals surface area (Å²) in [5.74, 6) is 2.04. The van der Waals surface area contributed by atoms with Crippen LogP contribution in [0.15, 0.2) is 12.4 Å². The van der Waals surface area contributed by atoms with Crippen molar-refractivity contribution < 1.29 is 0 Å². The van der Waals surface area contributed by atoms with Gasteiger partial charge in [0, 0.05) is 19.4 Å². The molecule has 3 atom stereocenters. The molecule has 0 aromatic carbocycles. The zero-order valence-corrected chi connectivity index (χ0v) is 10.0. The topological polar surface area (TPSA) is 30.9 Å². The monoisotopic (exact) mass is 206 g/mol. The first-order valence-electron chi connectivity index (χ1n) is 5.98. The lowest BCUT2D eigenvalue weighted by Crippen LogP contribution is -2.27. The van der Waals surface area contributed by atoms with Crippen molar-refractivity contribution in [1.29, 1.82) is 0 Å². The predicted octanol–water partition coefficient (Wildman–Crippen LogP) is 2.29. The van der Waals surface area contributed by atoms with E-state index < -0.39 is 0 Å². The highest BCUT2D eigenvalue weighted by atomic mass is 14.9. The van der Waals surface area contributed by atoms with E-state index in [0.717, 1.165) is 12.5 Å². The summed E-state index contributed by atoms with van der Waals surface area (Å²) in [6.45, 7) is 5.44. The summed E-state index contributed by atoms with van der Waals surface area (Å²) in [6, 6.07) is 0. The minimum Gasteiger partial charge on any atom is -0.357 e. The highest BCUT2D eigenvalue weighted by Crippen LogP contribution is 2.40. The number of aromatic nitrogens is 1. The van der Waals surface area contributed by atoms with E-state index in [-0.39, 0.29) is 0 Å². The van der Waals surface area contributed by atoms with Crippen LogP contribution in [0, 0.1) is 11.8 Å². The summed E-state index contributed by atoms with van der Waals surface area (Å²) in [5, 5.41) is 0. The predicted molar refractivity (Wildman–Crippen MR) is 63.9 cm³/mol. The van der Waals surface area contributed by atoms with Gasteiger partial charge in [0.15, 0.2) is 0 Å². The van der Waals surface area contributed by atoms with Gasteiger partial charge in [0.05, 0.1) is 0 Å². The first-order valence-corrected chi connectivity index (χ1v) is 5.98. The maximum absolute atomic E-state index is 5.82. The van der Waals surface area contributed by atoms with E-state index in [4.69, 9.17) is 5.73 Å². The Morgan fingerprint density at radius 2 is 2.27 bits per heavy atom. The third-order valence-electron chi connectivity index (χ3n) is 3.90. The maximum atomic E-state index is 5.82. The summed E-state index contributed by atoms with van der Waals surface area (Å²) in [4.78, 5) is 0. The molecule has 84 valence electrons. The molecule has 0 bridgehead atoms. The Balaban J connectivity index is 2.36. The molecule has 2 heteroatoms. The van der Waals surface area contributed by atoms with Gasteiger partial charge in [-0.25, -0.2) is 0 Å². The zero-order valence-electron chi connectivity index (χ0n) is 10.0. The number of rotatable bonds is 2. The Morgan fingerprint density at radius 1 is 1.53 bits per heavy atom. The second-order valence-electron chi connectivity index (χ2n) is 5.16. The van der Waals surface area contributed by atoms with E-state index in [2.05, 4.69) is 37.9 Å². The lowest BCUT2D eigenvalue weighted by Gasteiger charge is -2.33. The van der Waals surface area contributed by atoms with Gasteiger partial charge in [-0.1, -0.05) is 13.8 Å². The molecule has 3 unspecified atom stereocenters. The van der Waals surface area contributed by atoms with Crippen molar-refractivity contribution in [3.8, 4) is 0 Å². The van der Waals surface area contributed by atoms with Gasteiger partial charge in [0.1, 0.15) is 0 Å². The third kappa shape index (κ3) is 1.83. The number of nitrogens with zero attached hydrogens (tertiary/aromatic N) is 1. The quantitative estimate of drug-likeness (QED) is 0.790. The first-order chi connectivity index (χ1) is 7.13. The largest absolute Gasteiger partial charge is 0.357 e. The van der Waals surface area contributed by atoms with E-state index in [0.29, 0.717) is 11.8 Å². The minimum atomic E-state index is 0.599. The van der Waals surface area contributed by atoms with E-state index in [1.807, 2.05) is 0 Å². The van der Waals surface area contributed by atoms with E-state index >= 15 is 0 Å². The van der Waals surface area contributed by atoms with Crippen molar-refractivity contribution >= 4 is 0 Å². The van der Waals surface area contributed by atoms with Crippen molar-refractivity contribution in [3.05, 3.63) is 23.5 Å². The molecule has 0 fully saturated rings. The molecule has 15 heavy (non-hydrogen) atoms. The Kier molecular flexibility index (Phi) is 2.87. The molecule has 0 saturated heterocycles. The van der Waals surface area contributed by atoms with Crippen LogP contribution >= 0.6 is 0 Å². The number of fused-ring (bicyclic) bond motifs is 1. The minimum absolute atomic E-state index is 0.599. The van der Waals surface area contributed by atoms with E-state index in [1.54, 1.807) is 11.1 Å². The van der Waals surface area contributed by atoms with Crippen LogP contribution in [0.4, 0.5) is 0 Å². The van der Waals surface area contributed by atoms with Crippen LogP contribution in [-0.4, -0.2) is 11.1 Å². The first kappa shape index (κ1) is 10.7. The Labute approximate surface area is 92.5 Å². The van der Waals surface area contributed by atoms with Crippen molar-refractivity contribution in [2.75, 3.05) is 6.54 Å². The van der Waals surface area contributed by atoms with Gasteiger partial charge in [-0.15, -0.1) is 0 Å². The standard InChI is InChI=1S/C13H22N2/c1-9-4-5-11-7-15(3)8-12(11)13(9)10(2)6-14/h7-10,13H,4-6,14H2,1-3H3. The van der Waals surface area contributed by atoms with Crippen LogP contribution in [0.2, 0.25) is 0 Å². The smallest absolute Gasteiger partial charge is 0.0106 e. The molecule has 1 heterocycles. The fraction of sp³-hybridized carbons (Fsp3) is 0.692. The Hall–Kier alpha value is -0.760. The second-order valence-corrected chi connectivity index (χ2v) is 5.16.